The van der Waals surface area contributed by atoms with Crippen molar-refractivity contribution in [3.05, 3.63) is 101 Å². The second kappa shape index (κ2) is 11.2. The van der Waals surface area contributed by atoms with Gasteiger partial charge in [0.15, 0.2) is 0 Å². The van der Waals surface area contributed by atoms with Gasteiger partial charge in [0, 0.05) is 62.5 Å². The molecule has 2 aliphatic heterocycles. The summed E-state index contributed by atoms with van der Waals surface area (Å²) >= 11 is 0. The van der Waals surface area contributed by atoms with Crippen LogP contribution < -0.4 is 4.90 Å². The topological polar surface area (TPSA) is 26.8 Å². The molecule has 2 atom stereocenters. The summed E-state index contributed by atoms with van der Waals surface area (Å²) in [4.78, 5) is 19.5. The van der Waals surface area contributed by atoms with Crippen molar-refractivity contribution in [2.75, 3.05) is 44.2 Å². The number of hydrogen-bond acceptors (Lipinski definition) is 3. The van der Waals surface area contributed by atoms with Crippen molar-refractivity contribution in [2.45, 2.75) is 30.7 Å². The van der Waals surface area contributed by atoms with Gasteiger partial charge in [-0.05, 0) is 42.3 Å². The third-order valence-corrected chi connectivity index (χ3v) is 7.83. The predicted octanol–water partition coefficient (Wildman–Crippen LogP) is 6.54. The van der Waals surface area contributed by atoms with Crippen LogP contribution in [0.15, 0.2) is 78.9 Å². The lowest BCUT2D eigenvalue weighted by Crippen LogP contribution is -2.56. The van der Waals surface area contributed by atoms with E-state index in [1.54, 1.807) is 0 Å². The summed E-state index contributed by atoms with van der Waals surface area (Å²) in [7, 11) is 0. The molecular weight excluding hydrogens is 532 g/mol. The van der Waals surface area contributed by atoms with Crippen LogP contribution in [0, 0.1) is 0 Å². The highest BCUT2D eigenvalue weighted by Crippen LogP contribution is 2.38. The van der Waals surface area contributed by atoms with E-state index < -0.39 is 35.0 Å². The Morgan fingerprint density at radius 3 is 1.80 bits per heavy atom. The molecule has 2 saturated heterocycles. The zero-order valence-electron chi connectivity index (χ0n) is 21.6. The fourth-order valence-electron chi connectivity index (χ4n) is 5.80. The molecule has 2 unspecified atom stereocenters. The number of carbonyl (C=O) groups excluding carboxylic acids is 1. The maximum absolute atomic E-state index is 13.4. The average Bonchev–Trinajstić information content (AvgIpc) is 2.96. The van der Waals surface area contributed by atoms with Crippen molar-refractivity contribution in [2.24, 2.45) is 0 Å². The maximum Gasteiger partial charge on any atom is 0.416 e. The number of benzene rings is 3. The number of anilines is 1. The molecule has 40 heavy (non-hydrogen) atoms. The van der Waals surface area contributed by atoms with Gasteiger partial charge >= 0.3 is 12.4 Å². The molecule has 0 aromatic heterocycles. The van der Waals surface area contributed by atoms with Gasteiger partial charge in [0.25, 0.3) is 5.91 Å². The van der Waals surface area contributed by atoms with Crippen LogP contribution in [0.4, 0.5) is 32.0 Å². The number of likely N-dealkylation sites (tertiary alicyclic amines) is 1. The molecule has 1 amide bonds. The number of alkyl halides is 6. The third kappa shape index (κ3) is 6.11. The summed E-state index contributed by atoms with van der Waals surface area (Å²) in [6.45, 7) is 3.70. The first-order chi connectivity index (χ1) is 19.0. The van der Waals surface area contributed by atoms with Gasteiger partial charge in [-0.3, -0.25) is 9.69 Å². The summed E-state index contributed by atoms with van der Waals surface area (Å²) in [5.41, 5.74) is -1.45. The maximum atomic E-state index is 13.4. The molecule has 2 aliphatic rings. The van der Waals surface area contributed by atoms with Crippen LogP contribution in [-0.2, 0) is 12.4 Å². The van der Waals surface area contributed by atoms with Gasteiger partial charge in [0.1, 0.15) is 0 Å². The van der Waals surface area contributed by atoms with E-state index in [1.807, 2.05) is 48.5 Å². The van der Waals surface area contributed by atoms with Crippen LogP contribution in [0.2, 0.25) is 0 Å². The molecule has 0 spiro atoms. The first-order valence-electron chi connectivity index (χ1n) is 13.2. The Morgan fingerprint density at radius 1 is 0.700 bits per heavy atom. The summed E-state index contributed by atoms with van der Waals surface area (Å²) in [5.74, 6) is -0.972. The van der Waals surface area contributed by atoms with E-state index in [0.29, 0.717) is 18.6 Å². The Labute approximate surface area is 228 Å². The number of nitrogens with zero attached hydrogens (tertiary/aromatic N) is 3. The zero-order valence-corrected chi connectivity index (χ0v) is 21.6. The highest BCUT2D eigenvalue weighted by molar-refractivity contribution is 5.95. The molecule has 3 aromatic rings. The highest BCUT2D eigenvalue weighted by atomic mass is 19.4. The minimum atomic E-state index is -5.02. The Hall–Kier alpha value is -3.53. The molecule has 0 aliphatic carbocycles. The summed E-state index contributed by atoms with van der Waals surface area (Å²) in [5, 5.41) is 0. The Bertz CT molecular complexity index is 1270. The van der Waals surface area contributed by atoms with Crippen molar-refractivity contribution in [1.82, 2.24) is 9.80 Å². The molecular formula is C30H29F6N3O. The normalized spacial score (nSPS) is 20.9. The molecule has 3 aromatic carbocycles. The number of halogens is 6. The van der Waals surface area contributed by atoms with E-state index in [0.717, 1.165) is 37.4 Å². The lowest BCUT2D eigenvalue weighted by Gasteiger charge is -2.47. The monoisotopic (exact) mass is 561 g/mol. The summed E-state index contributed by atoms with van der Waals surface area (Å²) < 4.78 is 80.5. The molecule has 0 saturated carbocycles. The average molecular weight is 562 g/mol. The number of para-hydroxylation sites is 1. The number of piperazine rings is 1. The molecule has 0 N–H and O–H groups in total. The molecule has 0 bridgehead atoms. The number of amides is 1. The van der Waals surface area contributed by atoms with Crippen LogP contribution >= 0.6 is 0 Å². The minimum Gasteiger partial charge on any atom is -0.369 e. The Balaban J connectivity index is 1.37. The van der Waals surface area contributed by atoms with Crippen LogP contribution in [0.5, 0.6) is 0 Å². The molecule has 4 nitrogen and oxygen atoms in total. The van der Waals surface area contributed by atoms with Crippen molar-refractivity contribution in [3.63, 3.8) is 0 Å². The third-order valence-electron chi connectivity index (χ3n) is 7.83. The van der Waals surface area contributed by atoms with E-state index in [1.165, 1.54) is 4.90 Å². The molecule has 2 heterocycles. The quantitative estimate of drug-likeness (QED) is 0.339. The minimum absolute atomic E-state index is 0.0465. The van der Waals surface area contributed by atoms with Crippen LogP contribution in [-0.4, -0.2) is 61.0 Å². The molecule has 10 heteroatoms. The van der Waals surface area contributed by atoms with Gasteiger partial charge in [0.05, 0.1) is 11.1 Å². The largest absolute Gasteiger partial charge is 0.416 e. The molecule has 0 radical (unpaired) electrons. The number of rotatable bonds is 4. The first-order valence-corrected chi connectivity index (χ1v) is 13.2. The standard InChI is InChI=1S/C30H29F6N3O/c31-29(32,33)23-17-22(18-24(19-23)30(34,35)36)28(40)39-12-11-27(26(20-39)21-7-3-1-4-8-21)38-15-13-37(14-16-38)25-9-5-2-6-10-25/h1-10,17-19,26-27H,11-16,20H2. The first kappa shape index (κ1) is 28.0. The van der Waals surface area contributed by atoms with Crippen molar-refractivity contribution >= 4 is 11.6 Å². The summed E-state index contributed by atoms with van der Waals surface area (Å²) in [6.07, 6.45) is -9.47. The van der Waals surface area contributed by atoms with E-state index in [-0.39, 0.29) is 31.1 Å². The van der Waals surface area contributed by atoms with Crippen molar-refractivity contribution < 1.29 is 31.1 Å². The second-order valence-corrected chi connectivity index (χ2v) is 10.3. The van der Waals surface area contributed by atoms with Crippen LogP contribution in [0.3, 0.4) is 0 Å². The van der Waals surface area contributed by atoms with Gasteiger partial charge in [-0.2, -0.15) is 26.3 Å². The summed E-state index contributed by atoms with van der Waals surface area (Å²) in [6, 6.07) is 20.9. The second-order valence-electron chi connectivity index (χ2n) is 10.3. The molecule has 5 rings (SSSR count). The number of hydrogen-bond donors (Lipinski definition) is 0. The zero-order chi connectivity index (χ0) is 28.5. The lowest BCUT2D eigenvalue weighted by atomic mass is 9.84. The fraction of sp³-hybridized carbons (Fsp3) is 0.367. The lowest BCUT2D eigenvalue weighted by molar-refractivity contribution is -0.143. The Kier molecular flexibility index (Phi) is 7.81. The van der Waals surface area contributed by atoms with Gasteiger partial charge in [0.2, 0.25) is 0 Å². The van der Waals surface area contributed by atoms with E-state index in [2.05, 4.69) is 21.9 Å². The number of carbonyl (C=O) groups is 1. The van der Waals surface area contributed by atoms with E-state index in [9.17, 15) is 31.1 Å². The van der Waals surface area contributed by atoms with Crippen molar-refractivity contribution in [3.8, 4) is 0 Å². The van der Waals surface area contributed by atoms with Gasteiger partial charge < -0.3 is 9.80 Å². The highest BCUT2D eigenvalue weighted by Gasteiger charge is 2.40. The molecule has 2 fully saturated rings. The van der Waals surface area contributed by atoms with Crippen LogP contribution in [0.1, 0.15) is 39.4 Å². The van der Waals surface area contributed by atoms with Crippen molar-refractivity contribution in [1.29, 1.82) is 0 Å². The van der Waals surface area contributed by atoms with Gasteiger partial charge in [-0.15, -0.1) is 0 Å². The van der Waals surface area contributed by atoms with Gasteiger partial charge in [-0.1, -0.05) is 48.5 Å². The van der Waals surface area contributed by atoms with Crippen LogP contribution in [0.25, 0.3) is 0 Å². The smallest absolute Gasteiger partial charge is 0.369 e. The number of piperidine rings is 1. The molecule has 212 valence electrons. The SMILES string of the molecule is O=C(c1cc(C(F)(F)F)cc(C(F)(F)F)c1)N1CCC(N2CCN(c3ccccc3)CC2)C(c2ccccc2)C1. The fourth-order valence-corrected chi connectivity index (χ4v) is 5.80. The Morgan fingerprint density at radius 2 is 1.25 bits per heavy atom. The van der Waals surface area contributed by atoms with E-state index >= 15 is 0 Å². The predicted molar refractivity (Wildman–Crippen MR) is 140 cm³/mol. The van der Waals surface area contributed by atoms with E-state index in [4.69, 9.17) is 0 Å². The van der Waals surface area contributed by atoms with Gasteiger partial charge in [-0.25, -0.2) is 0 Å².